The van der Waals surface area contributed by atoms with Crippen LogP contribution in [0.1, 0.15) is 5.56 Å². The first-order valence-electron chi connectivity index (χ1n) is 3.58. The van der Waals surface area contributed by atoms with E-state index in [1.54, 1.807) is 6.07 Å². The van der Waals surface area contributed by atoms with Gasteiger partial charge in [-0.2, -0.15) is 5.26 Å². The van der Waals surface area contributed by atoms with Crippen LogP contribution in [0, 0.1) is 11.3 Å². The van der Waals surface area contributed by atoms with E-state index in [0.717, 1.165) is 0 Å². The largest absolute Gasteiger partial charge is 0.241 e. The number of hydrogen-bond donors (Lipinski definition) is 0. The molecule has 1 heterocycles. The summed E-state index contributed by atoms with van der Waals surface area (Å²) in [7, 11) is 0. The van der Waals surface area contributed by atoms with Crippen LogP contribution < -0.4 is 5.73 Å². The van der Waals surface area contributed by atoms with Gasteiger partial charge in [0.1, 0.15) is 29.0 Å². The maximum Gasteiger partial charge on any atom is 0.148 e. The van der Waals surface area contributed by atoms with Crippen LogP contribution in [0.3, 0.4) is 0 Å². The first-order chi connectivity index (χ1) is 7.65. The maximum absolute atomic E-state index is 9.45. The molecule has 76 valence electrons. The van der Waals surface area contributed by atoms with Crippen LogP contribution in [0.15, 0.2) is 10.2 Å². The molecule has 1 aromatic heterocycles. The minimum Gasteiger partial charge on any atom is -0.241 e. The number of pyridine rings is 1. The molecule has 0 saturated carbocycles. The summed E-state index contributed by atoms with van der Waals surface area (Å²) in [4.78, 5) is 8.35. The fourth-order valence-electron chi connectivity index (χ4n) is 0.853. The summed E-state index contributed by atoms with van der Waals surface area (Å²) in [5, 5.41) is 14.4. The summed E-state index contributed by atoms with van der Waals surface area (Å²) in [6.07, 6.45) is 0. The molecule has 9 nitrogen and oxygen atoms in total. The first-order valence-corrected chi connectivity index (χ1v) is 3.96. The molecule has 2 radical (unpaired) electrons. The smallest absolute Gasteiger partial charge is 0.148 e. The van der Waals surface area contributed by atoms with Crippen molar-refractivity contribution in [2.45, 2.75) is 0 Å². The van der Waals surface area contributed by atoms with E-state index in [-0.39, 0.29) is 16.4 Å². The van der Waals surface area contributed by atoms with Crippen LogP contribution in [-0.4, -0.2) is 4.98 Å². The van der Waals surface area contributed by atoms with Gasteiger partial charge in [0.2, 0.25) is 0 Å². The van der Waals surface area contributed by atoms with Gasteiger partial charge in [0.05, 0.1) is 5.02 Å². The standard InChI is InChI=1S/C6ClN9/c7-3-4(9)2(1-8)5(13-15-10)12-6(3)14-16-11. The fourth-order valence-corrected chi connectivity index (χ4v) is 1.03. The second-order valence-corrected chi connectivity index (χ2v) is 2.67. The molecular weight excluding hydrogens is 234 g/mol. The highest BCUT2D eigenvalue weighted by Gasteiger charge is 2.16. The second-order valence-electron chi connectivity index (χ2n) is 2.29. The van der Waals surface area contributed by atoms with Crippen LogP contribution in [0.4, 0.5) is 17.3 Å². The molecule has 0 saturated heterocycles. The van der Waals surface area contributed by atoms with Crippen molar-refractivity contribution >= 4 is 28.9 Å². The third-order valence-corrected chi connectivity index (χ3v) is 1.82. The van der Waals surface area contributed by atoms with Crippen molar-refractivity contribution in [1.82, 2.24) is 10.7 Å². The van der Waals surface area contributed by atoms with Gasteiger partial charge in [-0.1, -0.05) is 11.6 Å². The highest BCUT2D eigenvalue weighted by molar-refractivity contribution is 6.35. The Kier molecular flexibility index (Phi) is 3.37. The molecule has 0 atom stereocenters. The second kappa shape index (κ2) is 4.72. The van der Waals surface area contributed by atoms with E-state index in [2.05, 4.69) is 25.0 Å². The van der Waals surface area contributed by atoms with Crippen molar-refractivity contribution in [3.63, 3.8) is 0 Å². The lowest BCUT2D eigenvalue weighted by Crippen LogP contribution is -1.87. The Labute approximate surface area is 93.3 Å². The number of nitrogens with zero attached hydrogens (tertiary/aromatic N) is 9. The van der Waals surface area contributed by atoms with E-state index in [4.69, 9.17) is 27.9 Å². The first kappa shape index (κ1) is 11.4. The average molecular weight is 234 g/mol. The van der Waals surface area contributed by atoms with E-state index in [0.29, 0.717) is 0 Å². The molecule has 16 heavy (non-hydrogen) atoms. The minimum absolute atomic E-state index is 0.372. The Morgan fingerprint density at radius 2 is 1.81 bits per heavy atom. The van der Waals surface area contributed by atoms with E-state index in [1.165, 1.54) is 0 Å². The number of halogens is 1. The minimum atomic E-state index is -0.649. The molecule has 0 spiro atoms. The summed E-state index contributed by atoms with van der Waals surface area (Å²) in [6, 6.07) is 1.56. The quantitative estimate of drug-likeness (QED) is 0.436. The lowest BCUT2D eigenvalue weighted by Gasteiger charge is -2.02. The number of azide groups is 2. The van der Waals surface area contributed by atoms with Crippen LogP contribution in [-0.2, 0) is 0 Å². The topological polar surface area (TPSA) is 156 Å². The Morgan fingerprint density at radius 3 is 2.31 bits per heavy atom. The van der Waals surface area contributed by atoms with Gasteiger partial charge in [-0.25, -0.2) is 4.98 Å². The van der Waals surface area contributed by atoms with Crippen LogP contribution >= 0.6 is 11.6 Å². The van der Waals surface area contributed by atoms with E-state index >= 15 is 0 Å². The molecule has 1 aromatic rings. The van der Waals surface area contributed by atoms with Gasteiger partial charge < -0.3 is 0 Å². The molecule has 0 unspecified atom stereocenters. The Morgan fingerprint density at radius 1 is 1.25 bits per heavy atom. The zero-order chi connectivity index (χ0) is 12.1. The van der Waals surface area contributed by atoms with Crippen molar-refractivity contribution in [2.75, 3.05) is 0 Å². The predicted molar refractivity (Wildman–Crippen MR) is 53.4 cm³/mol. The van der Waals surface area contributed by atoms with Crippen LogP contribution in [0.5, 0.6) is 0 Å². The normalized spacial score (nSPS) is 8.50. The van der Waals surface area contributed by atoms with E-state index in [9.17, 15) is 5.73 Å². The summed E-state index contributed by atoms with van der Waals surface area (Å²) in [6.45, 7) is 0. The van der Waals surface area contributed by atoms with Gasteiger partial charge >= 0.3 is 0 Å². The molecule has 1 rings (SSSR count). The molecule has 0 N–H and O–H groups in total. The Bertz CT molecular complexity index is 573. The summed E-state index contributed by atoms with van der Waals surface area (Å²) in [5.74, 6) is -0.780. The highest BCUT2D eigenvalue weighted by atomic mass is 35.5. The number of rotatable bonds is 2. The Balaban J connectivity index is 3.69. The zero-order valence-electron chi connectivity index (χ0n) is 7.40. The monoisotopic (exact) mass is 233 g/mol. The molecule has 0 aliphatic heterocycles. The van der Waals surface area contributed by atoms with Crippen molar-refractivity contribution in [1.29, 1.82) is 5.26 Å². The summed E-state index contributed by atoms with van der Waals surface area (Å²) < 4.78 is 0. The summed E-state index contributed by atoms with van der Waals surface area (Å²) >= 11 is 5.56. The molecule has 0 fully saturated rings. The van der Waals surface area contributed by atoms with Gasteiger partial charge in [0.15, 0.2) is 0 Å². The van der Waals surface area contributed by atoms with Crippen molar-refractivity contribution < 1.29 is 0 Å². The molecule has 0 aliphatic carbocycles. The third kappa shape index (κ3) is 1.89. The predicted octanol–water partition coefficient (Wildman–Crippen LogP) is 3.19. The van der Waals surface area contributed by atoms with Crippen LogP contribution in [0.2, 0.25) is 5.02 Å². The van der Waals surface area contributed by atoms with Crippen molar-refractivity contribution in [3.8, 4) is 6.07 Å². The van der Waals surface area contributed by atoms with E-state index < -0.39 is 11.5 Å². The number of hydrogen-bond acceptors (Lipinski definition) is 4. The molecule has 0 aromatic carbocycles. The van der Waals surface area contributed by atoms with Gasteiger partial charge in [-0.15, -0.1) is 5.73 Å². The van der Waals surface area contributed by atoms with Crippen LogP contribution in [0.25, 0.3) is 20.9 Å². The Hall–Kier alpha value is -2.65. The summed E-state index contributed by atoms with van der Waals surface area (Å²) in [5.41, 5.74) is 24.8. The highest BCUT2D eigenvalue weighted by Crippen LogP contribution is 2.37. The van der Waals surface area contributed by atoms with Gasteiger partial charge in [-0.3, -0.25) is 0 Å². The fraction of sp³-hybridized carbons (Fsp3) is 0. The number of nitriles is 1. The average Bonchev–Trinajstić information content (AvgIpc) is 2.27. The number of aromatic nitrogens is 1. The lowest BCUT2D eigenvalue weighted by atomic mass is 10.2. The van der Waals surface area contributed by atoms with Gasteiger partial charge in [0, 0.05) is 9.82 Å². The molecule has 0 amide bonds. The third-order valence-electron chi connectivity index (χ3n) is 1.47. The zero-order valence-corrected chi connectivity index (χ0v) is 8.16. The molecule has 10 heteroatoms. The lowest BCUT2D eigenvalue weighted by molar-refractivity contribution is 1.19. The van der Waals surface area contributed by atoms with Crippen molar-refractivity contribution in [3.05, 3.63) is 31.5 Å². The molecule has 0 aliphatic rings. The molecular formula is C6ClN9. The van der Waals surface area contributed by atoms with E-state index in [1.807, 2.05) is 0 Å². The van der Waals surface area contributed by atoms with Crippen molar-refractivity contribution in [2.24, 2.45) is 10.2 Å². The van der Waals surface area contributed by atoms with Gasteiger partial charge in [-0.05, 0) is 21.3 Å². The van der Waals surface area contributed by atoms with Gasteiger partial charge in [0.25, 0.3) is 0 Å². The maximum atomic E-state index is 9.45. The molecule has 0 bridgehead atoms. The SMILES string of the molecule is [N]c1c(Cl)c(N=[N+]=[N-])nc(N=[N+]=[N-])c1C#N.